The summed E-state index contributed by atoms with van der Waals surface area (Å²) in [7, 11) is 1.99. The topological polar surface area (TPSA) is 23.5 Å². The molecule has 2 rings (SSSR count). The minimum Gasteiger partial charge on any atom is -0.389 e. The standard InChI is InChI=1S/C15H22FNO/c1-11(18)15-13(16)8-5-9-14(15)17(2)10-12-6-3-4-7-12/h5,8-9,11-12,18H,3-4,6-7,10H2,1-2H3/t11-/m1/s1. The van der Waals surface area contributed by atoms with Gasteiger partial charge in [-0.3, -0.25) is 0 Å². The van der Waals surface area contributed by atoms with Crippen LogP contribution in [0.2, 0.25) is 0 Å². The summed E-state index contributed by atoms with van der Waals surface area (Å²) < 4.78 is 13.8. The number of benzene rings is 1. The van der Waals surface area contributed by atoms with Crippen molar-refractivity contribution < 1.29 is 9.50 Å². The van der Waals surface area contributed by atoms with E-state index in [2.05, 4.69) is 4.90 Å². The number of halogens is 1. The molecular formula is C15H22FNO. The average Bonchev–Trinajstić information content (AvgIpc) is 2.80. The highest BCUT2D eigenvalue weighted by Crippen LogP contribution is 2.31. The first kappa shape index (κ1) is 13.3. The normalized spacial score (nSPS) is 18.0. The molecule has 0 heterocycles. The molecule has 1 aliphatic rings. The second kappa shape index (κ2) is 5.70. The SMILES string of the molecule is C[C@@H](O)c1c(F)cccc1N(C)CC1CCCC1. The molecule has 3 heteroatoms. The monoisotopic (exact) mass is 251 g/mol. The van der Waals surface area contributed by atoms with E-state index in [4.69, 9.17) is 0 Å². The highest BCUT2D eigenvalue weighted by atomic mass is 19.1. The maximum Gasteiger partial charge on any atom is 0.131 e. The minimum absolute atomic E-state index is 0.319. The van der Waals surface area contributed by atoms with E-state index in [1.807, 2.05) is 13.1 Å². The number of rotatable bonds is 4. The van der Waals surface area contributed by atoms with Crippen molar-refractivity contribution in [2.75, 3.05) is 18.5 Å². The van der Waals surface area contributed by atoms with Crippen molar-refractivity contribution in [2.45, 2.75) is 38.7 Å². The van der Waals surface area contributed by atoms with Gasteiger partial charge in [0, 0.05) is 24.8 Å². The van der Waals surface area contributed by atoms with Gasteiger partial charge in [-0.05, 0) is 37.8 Å². The summed E-state index contributed by atoms with van der Waals surface area (Å²) in [6, 6.07) is 5.01. The van der Waals surface area contributed by atoms with Crippen LogP contribution in [0.15, 0.2) is 18.2 Å². The van der Waals surface area contributed by atoms with Gasteiger partial charge >= 0.3 is 0 Å². The van der Waals surface area contributed by atoms with E-state index < -0.39 is 6.10 Å². The molecule has 1 N–H and O–H groups in total. The third-order valence-electron chi connectivity index (χ3n) is 3.87. The van der Waals surface area contributed by atoms with Gasteiger partial charge in [-0.25, -0.2) is 4.39 Å². The molecule has 0 bridgehead atoms. The molecule has 1 aromatic carbocycles. The van der Waals surface area contributed by atoms with E-state index in [-0.39, 0.29) is 5.82 Å². The number of aliphatic hydroxyl groups excluding tert-OH is 1. The summed E-state index contributed by atoms with van der Waals surface area (Å²) in [6.07, 6.45) is 4.38. The van der Waals surface area contributed by atoms with Crippen molar-refractivity contribution in [3.63, 3.8) is 0 Å². The Morgan fingerprint density at radius 2 is 2.06 bits per heavy atom. The van der Waals surface area contributed by atoms with E-state index in [1.165, 1.54) is 31.7 Å². The zero-order chi connectivity index (χ0) is 13.1. The van der Waals surface area contributed by atoms with Crippen LogP contribution in [0.25, 0.3) is 0 Å². The Balaban J connectivity index is 2.18. The fourth-order valence-electron chi connectivity index (χ4n) is 2.95. The lowest BCUT2D eigenvalue weighted by molar-refractivity contribution is 0.194. The summed E-state index contributed by atoms with van der Waals surface area (Å²) in [5.74, 6) is 0.390. The lowest BCUT2D eigenvalue weighted by atomic mass is 10.0. The van der Waals surface area contributed by atoms with Crippen LogP contribution < -0.4 is 4.90 Å². The van der Waals surface area contributed by atoms with E-state index >= 15 is 0 Å². The largest absolute Gasteiger partial charge is 0.389 e. The molecule has 0 saturated heterocycles. The van der Waals surface area contributed by atoms with Gasteiger partial charge in [0.25, 0.3) is 0 Å². The summed E-state index contributed by atoms with van der Waals surface area (Å²) in [6.45, 7) is 2.56. The van der Waals surface area contributed by atoms with Crippen LogP contribution in [0.5, 0.6) is 0 Å². The molecule has 2 nitrogen and oxygen atoms in total. The first-order valence-electron chi connectivity index (χ1n) is 6.77. The van der Waals surface area contributed by atoms with Crippen molar-refractivity contribution in [1.82, 2.24) is 0 Å². The number of hydrogen-bond acceptors (Lipinski definition) is 2. The fraction of sp³-hybridized carbons (Fsp3) is 0.600. The molecule has 100 valence electrons. The van der Waals surface area contributed by atoms with Crippen LogP contribution in [0.3, 0.4) is 0 Å². The number of hydrogen-bond donors (Lipinski definition) is 1. The van der Waals surface area contributed by atoms with Crippen molar-refractivity contribution in [2.24, 2.45) is 5.92 Å². The molecule has 0 unspecified atom stereocenters. The molecule has 1 fully saturated rings. The molecule has 1 aromatic rings. The maximum absolute atomic E-state index is 13.8. The second-order valence-corrected chi connectivity index (χ2v) is 5.38. The number of nitrogens with zero attached hydrogens (tertiary/aromatic N) is 1. The molecule has 0 spiro atoms. The molecular weight excluding hydrogens is 229 g/mol. The second-order valence-electron chi connectivity index (χ2n) is 5.38. The Morgan fingerprint density at radius 3 is 2.67 bits per heavy atom. The zero-order valence-electron chi connectivity index (χ0n) is 11.2. The molecule has 1 atom stereocenters. The van der Waals surface area contributed by atoms with Gasteiger partial charge in [0.15, 0.2) is 0 Å². The van der Waals surface area contributed by atoms with Gasteiger partial charge in [-0.15, -0.1) is 0 Å². The summed E-state index contributed by atoms with van der Waals surface area (Å²) >= 11 is 0. The minimum atomic E-state index is -0.771. The Kier molecular flexibility index (Phi) is 4.23. The molecule has 1 saturated carbocycles. The third-order valence-corrected chi connectivity index (χ3v) is 3.87. The van der Waals surface area contributed by atoms with Gasteiger partial charge in [0.1, 0.15) is 5.82 Å². The van der Waals surface area contributed by atoms with E-state index in [0.717, 1.165) is 12.2 Å². The van der Waals surface area contributed by atoms with Gasteiger partial charge in [0.2, 0.25) is 0 Å². The lowest BCUT2D eigenvalue weighted by Gasteiger charge is -2.26. The van der Waals surface area contributed by atoms with Crippen LogP contribution in [0, 0.1) is 11.7 Å². The molecule has 0 radical (unpaired) electrons. The van der Waals surface area contributed by atoms with Crippen LogP contribution in [-0.2, 0) is 0 Å². The summed E-state index contributed by atoms with van der Waals surface area (Å²) in [4.78, 5) is 2.08. The predicted octanol–water partition coefficient (Wildman–Crippen LogP) is 3.51. The molecule has 0 aromatic heterocycles. The molecule has 0 aliphatic heterocycles. The van der Waals surface area contributed by atoms with Gasteiger partial charge < -0.3 is 10.0 Å². The molecule has 0 amide bonds. The van der Waals surface area contributed by atoms with Crippen molar-refractivity contribution >= 4 is 5.69 Å². The Hall–Kier alpha value is -1.09. The highest BCUT2D eigenvalue weighted by Gasteiger charge is 2.20. The molecule has 18 heavy (non-hydrogen) atoms. The molecule has 1 aliphatic carbocycles. The number of anilines is 1. The Bertz CT molecular complexity index is 399. The highest BCUT2D eigenvalue weighted by molar-refractivity contribution is 5.54. The first-order valence-corrected chi connectivity index (χ1v) is 6.77. The smallest absolute Gasteiger partial charge is 0.131 e. The van der Waals surface area contributed by atoms with Crippen molar-refractivity contribution in [3.8, 4) is 0 Å². The average molecular weight is 251 g/mol. The van der Waals surface area contributed by atoms with E-state index in [0.29, 0.717) is 11.5 Å². The summed E-state index contributed by atoms with van der Waals surface area (Å²) in [5, 5.41) is 9.73. The van der Waals surface area contributed by atoms with Gasteiger partial charge in [-0.2, -0.15) is 0 Å². The van der Waals surface area contributed by atoms with Crippen LogP contribution in [0.1, 0.15) is 44.3 Å². The van der Waals surface area contributed by atoms with E-state index in [9.17, 15) is 9.50 Å². The lowest BCUT2D eigenvalue weighted by Crippen LogP contribution is -2.25. The van der Waals surface area contributed by atoms with Crippen molar-refractivity contribution in [3.05, 3.63) is 29.6 Å². The maximum atomic E-state index is 13.8. The predicted molar refractivity (Wildman–Crippen MR) is 72.3 cm³/mol. The Labute approximate surface area is 108 Å². The zero-order valence-corrected chi connectivity index (χ0v) is 11.2. The van der Waals surface area contributed by atoms with Crippen LogP contribution in [0.4, 0.5) is 10.1 Å². The number of aliphatic hydroxyl groups is 1. The first-order chi connectivity index (χ1) is 8.59. The van der Waals surface area contributed by atoms with Crippen LogP contribution >= 0.6 is 0 Å². The van der Waals surface area contributed by atoms with Gasteiger partial charge in [0.05, 0.1) is 6.10 Å². The third kappa shape index (κ3) is 2.83. The summed E-state index contributed by atoms with van der Waals surface area (Å²) in [5.41, 5.74) is 1.23. The van der Waals surface area contributed by atoms with E-state index in [1.54, 1.807) is 13.0 Å². The quantitative estimate of drug-likeness (QED) is 0.885. The van der Waals surface area contributed by atoms with Crippen LogP contribution in [-0.4, -0.2) is 18.7 Å². The van der Waals surface area contributed by atoms with Gasteiger partial charge in [-0.1, -0.05) is 18.9 Å². The fourth-order valence-corrected chi connectivity index (χ4v) is 2.95. The van der Waals surface area contributed by atoms with Crippen molar-refractivity contribution in [1.29, 1.82) is 0 Å². The Morgan fingerprint density at radius 1 is 1.39 bits per heavy atom.